The number of hydrogen-bond donors (Lipinski definition) is 1. The maximum atomic E-state index is 12.0. The maximum absolute atomic E-state index is 12.0. The van der Waals surface area contributed by atoms with Gasteiger partial charge in [0.1, 0.15) is 5.75 Å². The van der Waals surface area contributed by atoms with Crippen molar-refractivity contribution in [3.8, 4) is 5.75 Å². The van der Waals surface area contributed by atoms with Gasteiger partial charge in [0.25, 0.3) is 0 Å². The monoisotopic (exact) mass is 242 g/mol. The molecule has 1 fully saturated rings. The summed E-state index contributed by atoms with van der Waals surface area (Å²) in [6.45, 7) is 0. The van der Waals surface area contributed by atoms with Crippen molar-refractivity contribution in [3.63, 3.8) is 0 Å². The number of aromatic hydroxyl groups is 1. The minimum absolute atomic E-state index is 0.196. The largest absolute Gasteiger partial charge is 0.508 e. The zero-order valence-corrected chi connectivity index (χ0v) is 10.4. The third kappa shape index (κ3) is 2.20. The van der Waals surface area contributed by atoms with Gasteiger partial charge in [0.05, 0.1) is 0 Å². The average Bonchev–Trinajstić information content (AvgIpc) is 2.99. The lowest BCUT2D eigenvalue weighted by Gasteiger charge is -2.17. The molecule has 94 valence electrons. The molecule has 2 aliphatic rings. The molecule has 2 heteroatoms. The molecule has 3 unspecified atom stereocenters. The van der Waals surface area contributed by atoms with Gasteiger partial charge >= 0.3 is 0 Å². The molecular weight excluding hydrogens is 224 g/mol. The molecule has 0 heterocycles. The van der Waals surface area contributed by atoms with Gasteiger partial charge in [-0.25, -0.2) is 0 Å². The van der Waals surface area contributed by atoms with Crippen LogP contribution in [0.25, 0.3) is 0 Å². The van der Waals surface area contributed by atoms with E-state index in [0.717, 1.165) is 18.3 Å². The van der Waals surface area contributed by atoms with Crippen LogP contribution < -0.4 is 0 Å². The first-order valence-electron chi connectivity index (χ1n) is 6.73. The molecule has 3 atom stereocenters. The molecule has 1 aromatic carbocycles. The number of benzene rings is 1. The Bertz CT molecular complexity index is 472. The van der Waals surface area contributed by atoms with Crippen molar-refractivity contribution < 1.29 is 9.90 Å². The molecule has 2 aliphatic carbocycles. The van der Waals surface area contributed by atoms with E-state index in [-0.39, 0.29) is 11.5 Å². The molecule has 0 aromatic heterocycles. The number of ketones is 1. The molecule has 3 rings (SSSR count). The summed E-state index contributed by atoms with van der Waals surface area (Å²) in [6.07, 6.45) is 8.88. The van der Waals surface area contributed by atoms with Crippen LogP contribution in [0.2, 0.25) is 0 Å². The van der Waals surface area contributed by atoms with Crippen LogP contribution in [0.3, 0.4) is 0 Å². The van der Waals surface area contributed by atoms with Crippen LogP contribution in [-0.2, 0) is 0 Å². The fourth-order valence-electron chi connectivity index (χ4n) is 3.33. The van der Waals surface area contributed by atoms with Gasteiger partial charge in [-0.05, 0) is 61.3 Å². The Morgan fingerprint density at radius 2 is 1.94 bits per heavy atom. The maximum Gasteiger partial charge on any atom is 0.162 e. The minimum atomic E-state index is 0.196. The molecule has 2 bridgehead atoms. The number of allylic oxidation sites excluding steroid dienone is 2. The van der Waals surface area contributed by atoms with Gasteiger partial charge in [0, 0.05) is 12.0 Å². The second-order valence-electron chi connectivity index (χ2n) is 5.55. The summed E-state index contributed by atoms with van der Waals surface area (Å²) in [5.41, 5.74) is 0.714. The molecule has 1 N–H and O–H groups in total. The second-order valence-corrected chi connectivity index (χ2v) is 5.55. The van der Waals surface area contributed by atoms with Gasteiger partial charge < -0.3 is 5.11 Å². The standard InChI is InChI=1S/C16H18O2/c17-15-6-3-12(4-7-15)16(18)8-5-14-10-11-1-2-13(14)9-11/h1-4,6-7,11,13-14,17H,5,8-10H2. The summed E-state index contributed by atoms with van der Waals surface area (Å²) < 4.78 is 0. The highest BCUT2D eigenvalue weighted by molar-refractivity contribution is 5.96. The van der Waals surface area contributed by atoms with Gasteiger partial charge in [-0.3, -0.25) is 4.79 Å². The highest BCUT2D eigenvalue weighted by atomic mass is 16.3. The zero-order chi connectivity index (χ0) is 12.5. The topological polar surface area (TPSA) is 37.3 Å². The molecule has 1 aromatic rings. The fraction of sp³-hybridized carbons (Fsp3) is 0.438. The van der Waals surface area contributed by atoms with E-state index < -0.39 is 0 Å². The van der Waals surface area contributed by atoms with Crippen LogP contribution >= 0.6 is 0 Å². The van der Waals surface area contributed by atoms with Crippen LogP contribution in [0.5, 0.6) is 5.75 Å². The quantitative estimate of drug-likeness (QED) is 0.647. The third-order valence-corrected chi connectivity index (χ3v) is 4.35. The number of hydrogen-bond acceptors (Lipinski definition) is 2. The minimum Gasteiger partial charge on any atom is -0.508 e. The number of carbonyl (C=O) groups excluding carboxylic acids is 1. The first kappa shape index (κ1) is 11.5. The van der Waals surface area contributed by atoms with Crippen molar-refractivity contribution in [2.75, 3.05) is 0 Å². The number of carbonyl (C=O) groups is 1. The summed E-state index contributed by atoms with van der Waals surface area (Å²) in [4.78, 5) is 12.0. The van der Waals surface area contributed by atoms with Gasteiger partial charge in [0.15, 0.2) is 5.78 Å². The highest BCUT2D eigenvalue weighted by Gasteiger charge is 2.35. The Hall–Kier alpha value is -1.57. The smallest absolute Gasteiger partial charge is 0.162 e. The lowest BCUT2D eigenvalue weighted by Crippen LogP contribution is -2.09. The van der Waals surface area contributed by atoms with Crippen molar-refractivity contribution in [3.05, 3.63) is 42.0 Å². The van der Waals surface area contributed by atoms with E-state index in [1.807, 2.05) is 0 Å². The van der Waals surface area contributed by atoms with Crippen molar-refractivity contribution in [1.82, 2.24) is 0 Å². The van der Waals surface area contributed by atoms with Crippen LogP contribution in [0.15, 0.2) is 36.4 Å². The first-order chi connectivity index (χ1) is 8.72. The SMILES string of the molecule is O=C(CCC1CC2C=CC1C2)c1ccc(O)cc1. The van der Waals surface area contributed by atoms with E-state index in [2.05, 4.69) is 12.2 Å². The average molecular weight is 242 g/mol. The molecule has 0 amide bonds. The molecule has 0 radical (unpaired) electrons. The van der Waals surface area contributed by atoms with E-state index in [0.29, 0.717) is 17.9 Å². The number of fused-ring (bicyclic) bond motifs is 2. The Labute approximate surface area is 107 Å². The molecule has 0 aliphatic heterocycles. The number of phenolic OH excluding ortho intramolecular Hbond substituents is 1. The number of phenols is 1. The predicted octanol–water partition coefficient (Wildman–Crippen LogP) is 3.57. The van der Waals surface area contributed by atoms with Gasteiger partial charge in [-0.15, -0.1) is 0 Å². The lowest BCUT2D eigenvalue weighted by molar-refractivity contribution is 0.0971. The van der Waals surface area contributed by atoms with E-state index in [9.17, 15) is 9.90 Å². The first-order valence-corrected chi connectivity index (χ1v) is 6.73. The normalized spacial score (nSPS) is 28.8. The summed E-state index contributed by atoms with van der Waals surface area (Å²) in [5.74, 6) is 2.62. The molecule has 1 saturated carbocycles. The molecule has 18 heavy (non-hydrogen) atoms. The van der Waals surface area contributed by atoms with Crippen LogP contribution in [0, 0.1) is 17.8 Å². The Balaban J connectivity index is 1.56. The second kappa shape index (κ2) is 4.60. The van der Waals surface area contributed by atoms with Crippen LogP contribution in [0.4, 0.5) is 0 Å². The van der Waals surface area contributed by atoms with E-state index in [4.69, 9.17) is 0 Å². The van der Waals surface area contributed by atoms with Crippen LogP contribution in [0.1, 0.15) is 36.0 Å². The molecule has 2 nitrogen and oxygen atoms in total. The fourth-order valence-corrected chi connectivity index (χ4v) is 3.33. The zero-order valence-electron chi connectivity index (χ0n) is 10.4. The van der Waals surface area contributed by atoms with Crippen molar-refractivity contribution in [2.24, 2.45) is 17.8 Å². The van der Waals surface area contributed by atoms with Crippen LogP contribution in [-0.4, -0.2) is 10.9 Å². The molecular formula is C16H18O2. The van der Waals surface area contributed by atoms with E-state index in [1.165, 1.54) is 12.8 Å². The summed E-state index contributed by atoms with van der Waals surface area (Å²) >= 11 is 0. The van der Waals surface area contributed by atoms with E-state index in [1.54, 1.807) is 24.3 Å². The van der Waals surface area contributed by atoms with Gasteiger partial charge in [-0.2, -0.15) is 0 Å². The predicted molar refractivity (Wildman–Crippen MR) is 70.5 cm³/mol. The van der Waals surface area contributed by atoms with Crippen molar-refractivity contribution >= 4 is 5.78 Å². The number of Topliss-reactive ketones (excluding diaryl/α,β-unsaturated/α-hetero) is 1. The Kier molecular flexibility index (Phi) is 2.94. The molecule has 0 saturated heterocycles. The Morgan fingerprint density at radius 1 is 1.17 bits per heavy atom. The summed E-state index contributed by atoms with van der Waals surface area (Å²) in [6, 6.07) is 6.57. The third-order valence-electron chi connectivity index (χ3n) is 4.35. The van der Waals surface area contributed by atoms with E-state index >= 15 is 0 Å². The number of rotatable bonds is 4. The lowest BCUT2D eigenvalue weighted by atomic mass is 9.88. The van der Waals surface area contributed by atoms with Gasteiger partial charge in [0.2, 0.25) is 0 Å². The van der Waals surface area contributed by atoms with Crippen molar-refractivity contribution in [2.45, 2.75) is 25.7 Å². The van der Waals surface area contributed by atoms with Gasteiger partial charge in [-0.1, -0.05) is 12.2 Å². The highest BCUT2D eigenvalue weighted by Crippen LogP contribution is 2.45. The summed E-state index contributed by atoms with van der Waals surface area (Å²) in [7, 11) is 0. The Morgan fingerprint density at radius 3 is 2.56 bits per heavy atom. The van der Waals surface area contributed by atoms with Crippen molar-refractivity contribution in [1.29, 1.82) is 0 Å². The summed E-state index contributed by atoms with van der Waals surface area (Å²) in [5, 5.41) is 9.19. The molecule has 0 spiro atoms.